The van der Waals surface area contributed by atoms with Gasteiger partial charge in [-0.1, -0.05) is 57.0 Å². The average Bonchev–Trinajstić information content (AvgIpc) is 2.99. The maximum atomic E-state index is 13.0. The molecular formula is C22H29N3O5. The zero-order valence-electron chi connectivity index (χ0n) is 17.5. The third kappa shape index (κ3) is 4.47. The van der Waals surface area contributed by atoms with Gasteiger partial charge in [0.1, 0.15) is 12.1 Å². The number of carbonyl (C=O) groups is 4. The van der Waals surface area contributed by atoms with Crippen LogP contribution >= 0.6 is 0 Å². The number of ether oxygens (including phenoxy) is 1. The number of amides is 4. The molecule has 162 valence electrons. The van der Waals surface area contributed by atoms with E-state index in [9.17, 15) is 19.2 Å². The highest BCUT2D eigenvalue weighted by atomic mass is 16.5. The van der Waals surface area contributed by atoms with E-state index in [1.807, 2.05) is 6.07 Å². The van der Waals surface area contributed by atoms with Crippen LogP contribution in [0.25, 0.3) is 0 Å². The van der Waals surface area contributed by atoms with Gasteiger partial charge in [-0.25, -0.2) is 4.79 Å². The summed E-state index contributed by atoms with van der Waals surface area (Å²) in [5.74, 6) is -1.28. The highest BCUT2D eigenvalue weighted by molar-refractivity contribution is 6.09. The number of hydrogen-bond acceptors (Lipinski definition) is 5. The maximum absolute atomic E-state index is 13.0. The van der Waals surface area contributed by atoms with E-state index < -0.39 is 36.6 Å². The van der Waals surface area contributed by atoms with E-state index in [0.29, 0.717) is 17.9 Å². The SMILES string of the molecule is CC[C@@]1(c2ccccc2)NC(=O)N(CC(=O)OCC(=O)N[C@@H]2CCCC[C@@H]2C)C1=O. The van der Waals surface area contributed by atoms with Crippen LogP contribution in [0.3, 0.4) is 0 Å². The van der Waals surface area contributed by atoms with Crippen molar-refractivity contribution in [3.63, 3.8) is 0 Å². The molecule has 1 saturated carbocycles. The number of carbonyl (C=O) groups excluding carboxylic acids is 4. The molecule has 0 aromatic heterocycles. The Labute approximate surface area is 176 Å². The monoisotopic (exact) mass is 415 g/mol. The van der Waals surface area contributed by atoms with Crippen molar-refractivity contribution in [1.29, 1.82) is 0 Å². The second kappa shape index (κ2) is 9.28. The van der Waals surface area contributed by atoms with Crippen LogP contribution in [0.4, 0.5) is 4.79 Å². The van der Waals surface area contributed by atoms with Gasteiger partial charge in [0.25, 0.3) is 11.8 Å². The Kier molecular flexibility index (Phi) is 6.74. The molecule has 1 aromatic rings. The minimum Gasteiger partial charge on any atom is -0.454 e. The molecule has 1 aliphatic carbocycles. The van der Waals surface area contributed by atoms with E-state index in [1.165, 1.54) is 0 Å². The van der Waals surface area contributed by atoms with E-state index in [1.54, 1.807) is 31.2 Å². The summed E-state index contributed by atoms with van der Waals surface area (Å²) in [6.45, 7) is 2.93. The fourth-order valence-corrected chi connectivity index (χ4v) is 4.23. The van der Waals surface area contributed by atoms with Crippen LogP contribution in [0.2, 0.25) is 0 Å². The maximum Gasteiger partial charge on any atom is 0.326 e. The molecule has 1 saturated heterocycles. The molecule has 0 spiro atoms. The molecule has 1 aliphatic heterocycles. The van der Waals surface area contributed by atoms with Gasteiger partial charge in [-0.15, -0.1) is 0 Å². The van der Waals surface area contributed by atoms with E-state index in [0.717, 1.165) is 30.6 Å². The first-order chi connectivity index (χ1) is 14.4. The second-order valence-electron chi connectivity index (χ2n) is 8.04. The topological polar surface area (TPSA) is 105 Å². The number of hydrogen-bond donors (Lipinski definition) is 2. The molecule has 1 aromatic carbocycles. The normalized spacial score (nSPS) is 26.3. The molecule has 0 radical (unpaired) electrons. The quantitative estimate of drug-likeness (QED) is 0.524. The summed E-state index contributed by atoms with van der Waals surface area (Å²) in [4.78, 5) is 50.6. The highest BCUT2D eigenvalue weighted by Gasteiger charge is 2.51. The first-order valence-corrected chi connectivity index (χ1v) is 10.5. The van der Waals surface area contributed by atoms with Crippen LogP contribution in [-0.2, 0) is 24.7 Å². The Morgan fingerprint density at radius 2 is 1.90 bits per heavy atom. The van der Waals surface area contributed by atoms with E-state index >= 15 is 0 Å². The summed E-state index contributed by atoms with van der Waals surface area (Å²) in [6, 6.07) is 8.36. The van der Waals surface area contributed by atoms with E-state index in [2.05, 4.69) is 17.6 Å². The first kappa shape index (κ1) is 21.8. The van der Waals surface area contributed by atoms with Crippen molar-refractivity contribution in [2.45, 2.75) is 57.5 Å². The van der Waals surface area contributed by atoms with Crippen molar-refractivity contribution in [3.8, 4) is 0 Å². The van der Waals surface area contributed by atoms with Crippen LogP contribution < -0.4 is 10.6 Å². The molecule has 3 atom stereocenters. The number of nitrogens with one attached hydrogen (secondary N) is 2. The van der Waals surface area contributed by atoms with Gasteiger partial charge in [0.15, 0.2) is 6.61 Å². The van der Waals surface area contributed by atoms with Crippen molar-refractivity contribution in [2.75, 3.05) is 13.2 Å². The van der Waals surface area contributed by atoms with Gasteiger partial charge in [-0.05, 0) is 30.7 Å². The van der Waals surface area contributed by atoms with Gasteiger partial charge in [0.05, 0.1) is 0 Å². The van der Waals surface area contributed by atoms with Crippen LogP contribution in [0, 0.1) is 5.92 Å². The Morgan fingerprint density at radius 1 is 1.20 bits per heavy atom. The van der Waals surface area contributed by atoms with Crippen LogP contribution in [0.15, 0.2) is 30.3 Å². The highest BCUT2D eigenvalue weighted by Crippen LogP contribution is 2.32. The van der Waals surface area contributed by atoms with Crippen molar-refractivity contribution in [3.05, 3.63) is 35.9 Å². The zero-order valence-corrected chi connectivity index (χ0v) is 17.5. The van der Waals surface area contributed by atoms with Crippen molar-refractivity contribution in [1.82, 2.24) is 15.5 Å². The van der Waals surface area contributed by atoms with Crippen LogP contribution in [0.5, 0.6) is 0 Å². The molecule has 4 amide bonds. The average molecular weight is 415 g/mol. The number of nitrogens with zero attached hydrogens (tertiary/aromatic N) is 1. The predicted octanol–water partition coefficient (Wildman–Crippen LogP) is 2.08. The Bertz CT molecular complexity index is 812. The lowest BCUT2D eigenvalue weighted by Crippen LogP contribution is -2.44. The lowest BCUT2D eigenvalue weighted by Gasteiger charge is -2.29. The molecule has 1 heterocycles. The fourth-order valence-electron chi connectivity index (χ4n) is 4.23. The first-order valence-electron chi connectivity index (χ1n) is 10.5. The zero-order chi connectivity index (χ0) is 21.7. The number of rotatable bonds is 7. The third-order valence-corrected chi connectivity index (χ3v) is 6.08. The summed E-state index contributed by atoms with van der Waals surface area (Å²) in [6.07, 6.45) is 4.56. The lowest BCUT2D eigenvalue weighted by molar-refractivity contribution is -0.151. The fraction of sp³-hybridized carbons (Fsp3) is 0.545. The lowest BCUT2D eigenvalue weighted by atomic mass is 9.86. The molecule has 0 bridgehead atoms. The van der Waals surface area contributed by atoms with Crippen molar-refractivity contribution < 1.29 is 23.9 Å². The van der Waals surface area contributed by atoms with Gasteiger partial charge >= 0.3 is 12.0 Å². The molecule has 8 heteroatoms. The van der Waals surface area contributed by atoms with E-state index in [4.69, 9.17) is 4.74 Å². The molecule has 8 nitrogen and oxygen atoms in total. The van der Waals surface area contributed by atoms with Gasteiger partial charge < -0.3 is 15.4 Å². The smallest absolute Gasteiger partial charge is 0.326 e. The summed E-state index contributed by atoms with van der Waals surface area (Å²) >= 11 is 0. The number of esters is 1. The molecule has 0 unspecified atom stereocenters. The standard InChI is InChI=1S/C22H29N3O5/c1-3-22(16-10-5-4-6-11-16)20(28)25(21(29)24-22)13-19(27)30-14-18(26)23-17-12-8-7-9-15(17)2/h4-6,10-11,15,17H,3,7-9,12-14H2,1-2H3,(H,23,26)(H,24,29)/t15-,17+,22-/m0/s1. The summed E-state index contributed by atoms with van der Waals surface area (Å²) in [5, 5.41) is 5.62. The number of urea groups is 1. The van der Waals surface area contributed by atoms with Gasteiger partial charge in [-0.3, -0.25) is 19.3 Å². The van der Waals surface area contributed by atoms with Gasteiger partial charge in [-0.2, -0.15) is 0 Å². The molecular weight excluding hydrogens is 386 g/mol. The second-order valence-corrected chi connectivity index (χ2v) is 8.04. The van der Waals surface area contributed by atoms with Crippen molar-refractivity contribution in [2.24, 2.45) is 5.92 Å². The third-order valence-electron chi connectivity index (χ3n) is 6.08. The minimum absolute atomic E-state index is 0.0898. The molecule has 2 aliphatic rings. The molecule has 3 rings (SSSR count). The number of imide groups is 1. The Morgan fingerprint density at radius 3 is 2.57 bits per heavy atom. The summed E-state index contributed by atoms with van der Waals surface area (Å²) < 4.78 is 5.02. The number of benzene rings is 1. The predicted molar refractivity (Wildman–Crippen MR) is 109 cm³/mol. The summed E-state index contributed by atoms with van der Waals surface area (Å²) in [5.41, 5.74) is -0.546. The van der Waals surface area contributed by atoms with Gasteiger partial charge in [0.2, 0.25) is 0 Å². The Hall–Kier alpha value is -2.90. The van der Waals surface area contributed by atoms with E-state index in [-0.39, 0.29) is 11.9 Å². The van der Waals surface area contributed by atoms with Crippen LogP contribution in [0.1, 0.15) is 51.5 Å². The molecule has 2 fully saturated rings. The minimum atomic E-state index is -1.20. The Balaban J connectivity index is 1.55. The van der Waals surface area contributed by atoms with Gasteiger partial charge in [0, 0.05) is 6.04 Å². The molecule has 2 N–H and O–H groups in total. The largest absolute Gasteiger partial charge is 0.454 e. The van der Waals surface area contributed by atoms with Crippen LogP contribution in [-0.4, -0.2) is 47.9 Å². The summed E-state index contributed by atoms with van der Waals surface area (Å²) in [7, 11) is 0. The molecule has 30 heavy (non-hydrogen) atoms. The van der Waals surface area contributed by atoms with Crippen molar-refractivity contribution >= 4 is 23.8 Å².